The quantitative estimate of drug-likeness (QED) is 0.166. The monoisotopic (exact) mass is 831 g/mol. The van der Waals surface area contributed by atoms with Crippen LogP contribution in [0.15, 0.2) is 170 Å². The minimum atomic E-state index is 0. The minimum absolute atomic E-state index is 0. The van der Waals surface area contributed by atoms with E-state index in [0.29, 0.717) is 0 Å². The Morgan fingerprint density at radius 1 is 0.392 bits per heavy atom. The zero-order valence-electron chi connectivity index (χ0n) is 28.4. The van der Waals surface area contributed by atoms with Crippen molar-refractivity contribution in [2.45, 2.75) is 13.8 Å². The largest absolute Gasteiger partial charge is 0.304 e. The van der Waals surface area contributed by atoms with Gasteiger partial charge in [-0.15, -0.1) is 71.8 Å². The van der Waals surface area contributed by atoms with Crippen LogP contribution in [0.25, 0.3) is 78.1 Å². The molecule has 2 heterocycles. The molecular weight excluding hydrogens is 797 g/mol. The summed E-state index contributed by atoms with van der Waals surface area (Å²) in [7, 11) is 0. The first-order valence-corrected chi connectivity index (χ1v) is 16.9. The Kier molecular flexibility index (Phi) is 9.94. The van der Waals surface area contributed by atoms with Gasteiger partial charge in [0, 0.05) is 32.5 Å². The summed E-state index contributed by atoms with van der Waals surface area (Å²) in [6.45, 7) is 4.17. The van der Waals surface area contributed by atoms with Crippen molar-refractivity contribution in [2.75, 3.05) is 0 Å². The Morgan fingerprint density at radius 2 is 0.863 bits per heavy atom. The molecule has 2 nitrogen and oxygen atoms in total. The van der Waals surface area contributed by atoms with Crippen LogP contribution in [0.5, 0.6) is 0 Å². The molecule has 9 rings (SSSR count). The molecule has 0 bridgehead atoms. The molecule has 0 amide bonds. The SMILES string of the molecule is Cc1ccc(-c2[c-]cccc2)nc1.Cc1cnc(-c2[c-]cccc2)cc1-c1ccc2c(c1)-c1ccccc1-c1ccccc1-c1ccccc1-2.[Ir]. The van der Waals surface area contributed by atoms with Crippen molar-refractivity contribution >= 4 is 0 Å². The molecule has 0 saturated heterocycles. The number of aromatic nitrogens is 2. The Morgan fingerprint density at radius 3 is 1.35 bits per heavy atom. The van der Waals surface area contributed by atoms with Crippen LogP contribution in [0.1, 0.15) is 11.1 Å². The maximum atomic E-state index is 4.71. The van der Waals surface area contributed by atoms with E-state index in [-0.39, 0.29) is 20.1 Å². The molecule has 6 aromatic carbocycles. The molecule has 2 aromatic heterocycles. The van der Waals surface area contributed by atoms with Crippen molar-refractivity contribution in [3.05, 3.63) is 193 Å². The van der Waals surface area contributed by atoms with E-state index < -0.39 is 0 Å². The minimum Gasteiger partial charge on any atom is -0.304 e. The number of fused-ring (bicyclic) bond motifs is 8. The van der Waals surface area contributed by atoms with Gasteiger partial charge in [0.2, 0.25) is 0 Å². The van der Waals surface area contributed by atoms with Gasteiger partial charge in [-0.1, -0.05) is 103 Å². The summed E-state index contributed by atoms with van der Waals surface area (Å²) in [5.41, 5.74) is 18.8. The molecule has 247 valence electrons. The van der Waals surface area contributed by atoms with Crippen molar-refractivity contribution in [2.24, 2.45) is 0 Å². The van der Waals surface area contributed by atoms with Crippen LogP contribution >= 0.6 is 0 Å². The van der Waals surface area contributed by atoms with Gasteiger partial charge in [-0.05, 0) is 98.1 Å². The molecule has 3 heteroatoms. The average Bonchev–Trinajstić information content (AvgIpc) is 3.19. The first-order valence-electron chi connectivity index (χ1n) is 16.9. The van der Waals surface area contributed by atoms with Crippen molar-refractivity contribution in [1.29, 1.82) is 0 Å². The van der Waals surface area contributed by atoms with Gasteiger partial charge in [0.15, 0.2) is 0 Å². The molecule has 0 saturated carbocycles. The molecule has 0 spiro atoms. The number of nitrogens with zero attached hydrogens (tertiary/aromatic N) is 2. The molecule has 1 aliphatic rings. The Labute approximate surface area is 313 Å². The average molecular weight is 831 g/mol. The van der Waals surface area contributed by atoms with Crippen molar-refractivity contribution in [3.63, 3.8) is 0 Å². The number of pyridine rings is 2. The molecule has 0 aliphatic heterocycles. The molecule has 1 radical (unpaired) electrons. The van der Waals surface area contributed by atoms with E-state index in [1.807, 2.05) is 67.8 Å². The van der Waals surface area contributed by atoms with Crippen molar-refractivity contribution in [1.82, 2.24) is 9.97 Å². The molecule has 0 N–H and O–H groups in total. The number of hydrogen-bond acceptors (Lipinski definition) is 2. The first kappa shape index (κ1) is 33.8. The molecule has 8 aromatic rings. The number of benzene rings is 6. The fraction of sp³-hybridized carbons (Fsp3) is 0.0417. The molecule has 1 aliphatic carbocycles. The van der Waals surface area contributed by atoms with Gasteiger partial charge in [-0.3, -0.25) is 0 Å². The third-order valence-corrected chi connectivity index (χ3v) is 9.26. The Bertz CT molecular complexity index is 2430. The zero-order chi connectivity index (χ0) is 33.9. The van der Waals surface area contributed by atoms with E-state index in [1.165, 1.54) is 61.2 Å². The molecule has 51 heavy (non-hydrogen) atoms. The maximum absolute atomic E-state index is 4.71. The number of aryl methyl sites for hydroxylation is 2. The standard InChI is InChI=1S/C36H24N.C12H10N.Ir/c1-24-23-37-36(25-11-3-2-4-12-25)22-34(24)26-19-20-33-31-17-8-7-15-29(31)27-13-5-6-14-28(27)30-16-9-10-18-32(30)35(33)21-26;1-10-7-8-12(13-9-10)11-5-3-2-4-6-11;/h2-11,13-23H,1H3;2-5,7-9H,1H3;/q2*-1;. The number of rotatable bonds is 3. The van der Waals surface area contributed by atoms with E-state index in [1.54, 1.807) is 0 Å². The van der Waals surface area contributed by atoms with Gasteiger partial charge in [0.25, 0.3) is 0 Å². The maximum Gasteiger partial charge on any atom is 0.0196 e. The van der Waals surface area contributed by atoms with E-state index >= 15 is 0 Å². The second-order valence-corrected chi connectivity index (χ2v) is 12.6. The molecule has 0 fully saturated rings. The van der Waals surface area contributed by atoms with Gasteiger partial charge in [-0.25, -0.2) is 0 Å². The fourth-order valence-corrected chi connectivity index (χ4v) is 6.74. The van der Waals surface area contributed by atoms with E-state index in [2.05, 4.69) is 133 Å². The van der Waals surface area contributed by atoms with Crippen LogP contribution in [0, 0.1) is 26.0 Å². The van der Waals surface area contributed by atoms with Crippen molar-refractivity contribution < 1.29 is 20.1 Å². The van der Waals surface area contributed by atoms with Crippen LogP contribution in [0.2, 0.25) is 0 Å². The summed E-state index contributed by atoms with van der Waals surface area (Å²) in [5, 5.41) is 0. The van der Waals surface area contributed by atoms with Gasteiger partial charge in [0.05, 0.1) is 0 Å². The molecular formula is C48H34IrN2-2. The second-order valence-electron chi connectivity index (χ2n) is 12.6. The van der Waals surface area contributed by atoms with E-state index in [4.69, 9.17) is 4.98 Å². The first-order chi connectivity index (χ1) is 24.6. The second kappa shape index (κ2) is 15.0. The molecule has 0 atom stereocenters. The van der Waals surface area contributed by atoms with E-state index in [0.717, 1.165) is 28.1 Å². The van der Waals surface area contributed by atoms with Gasteiger partial charge < -0.3 is 9.97 Å². The summed E-state index contributed by atoms with van der Waals surface area (Å²) in [4.78, 5) is 9.03. The molecule has 0 unspecified atom stereocenters. The van der Waals surface area contributed by atoms with Crippen molar-refractivity contribution in [3.8, 4) is 78.1 Å². The normalized spacial score (nSPS) is 10.8. The predicted octanol–water partition coefficient (Wildman–Crippen LogP) is 12.4. The third-order valence-electron chi connectivity index (χ3n) is 9.26. The van der Waals surface area contributed by atoms with Gasteiger partial charge >= 0.3 is 0 Å². The summed E-state index contributed by atoms with van der Waals surface area (Å²) in [6.07, 6.45) is 3.85. The summed E-state index contributed by atoms with van der Waals surface area (Å²) < 4.78 is 0. The van der Waals surface area contributed by atoms with Crippen LogP contribution in [0.3, 0.4) is 0 Å². The predicted molar refractivity (Wildman–Crippen MR) is 207 cm³/mol. The Hall–Kier alpha value is -5.73. The fourth-order valence-electron chi connectivity index (χ4n) is 6.74. The smallest absolute Gasteiger partial charge is 0.0196 e. The van der Waals surface area contributed by atoms with Crippen LogP contribution in [-0.4, -0.2) is 9.97 Å². The Balaban J connectivity index is 0.000000245. The summed E-state index contributed by atoms with van der Waals surface area (Å²) in [6, 6.07) is 61.9. The summed E-state index contributed by atoms with van der Waals surface area (Å²) in [5.74, 6) is 0. The topological polar surface area (TPSA) is 25.8 Å². The zero-order valence-corrected chi connectivity index (χ0v) is 30.8. The van der Waals surface area contributed by atoms with Crippen LogP contribution in [-0.2, 0) is 20.1 Å². The number of hydrogen-bond donors (Lipinski definition) is 0. The van der Waals surface area contributed by atoms with Gasteiger partial charge in [-0.2, -0.15) is 0 Å². The third kappa shape index (κ3) is 6.87. The van der Waals surface area contributed by atoms with Gasteiger partial charge in [0.1, 0.15) is 0 Å². The van der Waals surface area contributed by atoms with Crippen LogP contribution in [0.4, 0.5) is 0 Å². The van der Waals surface area contributed by atoms with Crippen LogP contribution < -0.4 is 0 Å². The summed E-state index contributed by atoms with van der Waals surface area (Å²) >= 11 is 0. The van der Waals surface area contributed by atoms with E-state index in [9.17, 15) is 0 Å².